The van der Waals surface area contributed by atoms with Gasteiger partial charge in [0.15, 0.2) is 0 Å². The molecule has 1 heterocycles. The fourth-order valence-corrected chi connectivity index (χ4v) is 2.98. The molecule has 0 fully saturated rings. The molecule has 0 saturated carbocycles. The van der Waals surface area contributed by atoms with Gasteiger partial charge in [-0.15, -0.1) is 0 Å². The summed E-state index contributed by atoms with van der Waals surface area (Å²) >= 11 is 0. The highest BCUT2D eigenvalue weighted by atomic mass is 16.5. The lowest BCUT2D eigenvalue weighted by atomic mass is 10.1. The number of methoxy groups -OCH3 is 1. The van der Waals surface area contributed by atoms with Crippen LogP contribution in [0.1, 0.15) is 25.8 Å². The summed E-state index contributed by atoms with van der Waals surface area (Å²) in [6.45, 7) is 5.57. The van der Waals surface area contributed by atoms with E-state index in [2.05, 4.69) is 15.5 Å². The molecule has 0 spiro atoms. The van der Waals surface area contributed by atoms with Crippen LogP contribution < -0.4 is 15.7 Å². The smallest absolute Gasteiger partial charge is 0.262 e. The number of hydrazone groups is 1. The van der Waals surface area contributed by atoms with Crippen LogP contribution in [0, 0.1) is 0 Å². The molecule has 3 rings (SSSR count). The molecule has 7 nitrogen and oxygen atoms in total. The summed E-state index contributed by atoms with van der Waals surface area (Å²) in [7, 11) is 1.63. The number of aromatic nitrogens is 2. The normalized spacial score (nSPS) is 11.6. The Bertz CT molecular complexity index is 1060. The molecule has 3 aromatic rings. The van der Waals surface area contributed by atoms with Gasteiger partial charge in [-0.3, -0.25) is 9.36 Å². The van der Waals surface area contributed by atoms with Gasteiger partial charge in [-0.2, -0.15) is 5.10 Å². The lowest BCUT2D eigenvalue weighted by Crippen LogP contribution is -2.25. The second kappa shape index (κ2) is 9.84. The molecule has 0 amide bonds. The molecule has 0 saturated heterocycles. The van der Waals surface area contributed by atoms with Gasteiger partial charge in [0.2, 0.25) is 5.95 Å². The molecule has 0 aliphatic rings. The highest BCUT2D eigenvalue weighted by Gasteiger charge is 2.11. The number of hydrogen-bond donors (Lipinski definition) is 1. The van der Waals surface area contributed by atoms with Crippen molar-refractivity contribution in [2.45, 2.75) is 26.8 Å². The van der Waals surface area contributed by atoms with Gasteiger partial charge in [0.1, 0.15) is 5.75 Å². The highest BCUT2D eigenvalue weighted by Crippen LogP contribution is 2.15. The van der Waals surface area contributed by atoms with E-state index in [4.69, 9.17) is 9.47 Å². The van der Waals surface area contributed by atoms with Crippen molar-refractivity contribution in [3.8, 4) is 5.75 Å². The molecule has 0 atom stereocenters. The molecular formula is C22H26N4O3. The van der Waals surface area contributed by atoms with Crippen LogP contribution in [-0.4, -0.2) is 35.6 Å². The van der Waals surface area contributed by atoms with Gasteiger partial charge in [-0.05, 0) is 44.5 Å². The third kappa shape index (κ3) is 5.00. The Morgan fingerprint density at radius 2 is 2.03 bits per heavy atom. The number of fused-ring (bicyclic) bond motifs is 1. The number of ether oxygens (including phenoxy) is 2. The molecule has 0 aliphatic carbocycles. The maximum absolute atomic E-state index is 13.0. The van der Waals surface area contributed by atoms with Crippen molar-refractivity contribution >= 4 is 22.6 Å². The molecule has 7 heteroatoms. The van der Waals surface area contributed by atoms with Crippen LogP contribution in [0.5, 0.6) is 5.75 Å². The van der Waals surface area contributed by atoms with Crippen molar-refractivity contribution in [3.63, 3.8) is 0 Å². The Morgan fingerprint density at radius 3 is 2.83 bits per heavy atom. The Hall–Kier alpha value is -3.19. The zero-order chi connectivity index (χ0) is 20.6. The van der Waals surface area contributed by atoms with E-state index in [-0.39, 0.29) is 5.56 Å². The van der Waals surface area contributed by atoms with E-state index in [0.29, 0.717) is 43.0 Å². The first-order valence-corrected chi connectivity index (χ1v) is 9.66. The van der Waals surface area contributed by atoms with Crippen molar-refractivity contribution in [3.05, 3.63) is 64.4 Å². The molecule has 0 aliphatic heterocycles. The number of benzene rings is 2. The van der Waals surface area contributed by atoms with E-state index in [1.807, 2.05) is 56.3 Å². The number of nitrogens with zero attached hydrogens (tertiary/aromatic N) is 3. The SMILES string of the molecule is CCOCCCn1c(N/N=C(/C)c2cccc(OC)c2)nc2ccccc2c1=O. The van der Waals surface area contributed by atoms with Crippen molar-refractivity contribution in [1.82, 2.24) is 9.55 Å². The summed E-state index contributed by atoms with van der Waals surface area (Å²) in [5.41, 5.74) is 5.20. The van der Waals surface area contributed by atoms with Crippen molar-refractivity contribution in [2.75, 3.05) is 25.7 Å². The molecule has 0 radical (unpaired) electrons. The third-order valence-corrected chi connectivity index (χ3v) is 4.55. The van der Waals surface area contributed by atoms with Crippen molar-refractivity contribution < 1.29 is 9.47 Å². The lowest BCUT2D eigenvalue weighted by Gasteiger charge is -2.13. The maximum atomic E-state index is 13.0. The molecule has 0 bridgehead atoms. The lowest BCUT2D eigenvalue weighted by molar-refractivity contribution is 0.141. The number of nitrogens with one attached hydrogen (secondary N) is 1. The van der Waals surface area contributed by atoms with E-state index in [1.165, 1.54) is 0 Å². The molecule has 152 valence electrons. The number of anilines is 1. The first-order chi connectivity index (χ1) is 14.1. The standard InChI is InChI=1S/C22H26N4O3/c1-4-29-14-8-13-26-21(27)19-11-5-6-12-20(19)23-22(26)25-24-16(2)17-9-7-10-18(15-17)28-3/h5-7,9-12,15H,4,8,13-14H2,1-3H3,(H,23,25)/b24-16-. The van der Waals surface area contributed by atoms with Gasteiger partial charge in [-0.25, -0.2) is 10.4 Å². The van der Waals surface area contributed by atoms with E-state index in [9.17, 15) is 4.79 Å². The quantitative estimate of drug-likeness (QED) is 0.340. The average Bonchev–Trinajstić information content (AvgIpc) is 2.76. The zero-order valence-corrected chi connectivity index (χ0v) is 17.0. The second-order valence-electron chi connectivity index (χ2n) is 6.50. The van der Waals surface area contributed by atoms with Crippen LogP contribution in [0.25, 0.3) is 10.9 Å². The van der Waals surface area contributed by atoms with Crippen LogP contribution in [0.4, 0.5) is 5.95 Å². The van der Waals surface area contributed by atoms with Gasteiger partial charge in [0.25, 0.3) is 5.56 Å². The Balaban J connectivity index is 1.92. The predicted octanol–water partition coefficient (Wildman–Crippen LogP) is 3.67. The van der Waals surface area contributed by atoms with Gasteiger partial charge in [0.05, 0.1) is 23.7 Å². The van der Waals surface area contributed by atoms with Crippen molar-refractivity contribution in [2.24, 2.45) is 5.10 Å². The van der Waals surface area contributed by atoms with Crippen LogP contribution in [0.15, 0.2) is 58.4 Å². The van der Waals surface area contributed by atoms with Crippen LogP contribution in [0.2, 0.25) is 0 Å². The summed E-state index contributed by atoms with van der Waals surface area (Å²) in [4.78, 5) is 17.6. The predicted molar refractivity (Wildman–Crippen MR) is 116 cm³/mol. The minimum atomic E-state index is -0.0937. The van der Waals surface area contributed by atoms with Crippen molar-refractivity contribution in [1.29, 1.82) is 0 Å². The third-order valence-electron chi connectivity index (χ3n) is 4.55. The van der Waals surface area contributed by atoms with Gasteiger partial charge in [0, 0.05) is 25.3 Å². The fourth-order valence-electron chi connectivity index (χ4n) is 2.98. The van der Waals surface area contributed by atoms with E-state index < -0.39 is 0 Å². The summed E-state index contributed by atoms with van der Waals surface area (Å²) in [6.07, 6.45) is 0.709. The number of para-hydroxylation sites is 1. The monoisotopic (exact) mass is 394 g/mol. The molecule has 1 N–H and O–H groups in total. The number of hydrogen-bond acceptors (Lipinski definition) is 6. The maximum Gasteiger partial charge on any atom is 0.262 e. The largest absolute Gasteiger partial charge is 0.497 e. The Labute approximate surface area is 170 Å². The molecule has 1 aromatic heterocycles. The fraction of sp³-hybridized carbons (Fsp3) is 0.318. The van der Waals surface area contributed by atoms with E-state index in [1.54, 1.807) is 17.7 Å². The molecule has 0 unspecified atom stereocenters. The molecule has 29 heavy (non-hydrogen) atoms. The van der Waals surface area contributed by atoms with Crippen LogP contribution in [0.3, 0.4) is 0 Å². The van der Waals surface area contributed by atoms with Gasteiger partial charge < -0.3 is 9.47 Å². The topological polar surface area (TPSA) is 77.7 Å². The van der Waals surface area contributed by atoms with E-state index in [0.717, 1.165) is 17.0 Å². The zero-order valence-electron chi connectivity index (χ0n) is 17.0. The first-order valence-electron chi connectivity index (χ1n) is 9.66. The molecule has 2 aromatic carbocycles. The minimum absolute atomic E-state index is 0.0937. The summed E-state index contributed by atoms with van der Waals surface area (Å²) < 4.78 is 12.3. The Kier molecular flexibility index (Phi) is 6.97. The van der Waals surface area contributed by atoms with E-state index >= 15 is 0 Å². The van der Waals surface area contributed by atoms with Crippen LogP contribution >= 0.6 is 0 Å². The Morgan fingerprint density at radius 1 is 1.21 bits per heavy atom. The average molecular weight is 394 g/mol. The minimum Gasteiger partial charge on any atom is -0.497 e. The number of rotatable bonds is 9. The summed E-state index contributed by atoms with van der Waals surface area (Å²) in [5, 5.41) is 5.04. The van der Waals surface area contributed by atoms with Gasteiger partial charge >= 0.3 is 0 Å². The van der Waals surface area contributed by atoms with Crippen LogP contribution in [-0.2, 0) is 11.3 Å². The highest BCUT2D eigenvalue weighted by molar-refractivity contribution is 5.99. The molecular weight excluding hydrogens is 368 g/mol. The summed E-state index contributed by atoms with van der Waals surface area (Å²) in [6, 6.07) is 15.0. The second-order valence-corrected chi connectivity index (χ2v) is 6.50. The summed E-state index contributed by atoms with van der Waals surface area (Å²) in [5.74, 6) is 1.17. The van der Waals surface area contributed by atoms with Gasteiger partial charge in [-0.1, -0.05) is 24.3 Å². The first kappa shape index (κ1) is 20.5.